The van der Waals surface area contributed by atoms with Gasteiger partial charge in [0.25, 0.3) is 5.56 Å². The van der Waals surface area contributed by atoms with Gasteiger partial charge in [-0.25, -0.2) is 9.99 Å². The van der Waals surface area contributed by atoms with Crippen LogP contribution in [0.5, 0.6) is 0 Å². The molecule has 1 aromatic carbocycles. The molecule has 0 spiro atoms. The zero-order valence-corrected chi connectivity index (χ0v) is 15.2. The van der Waals surface area contributed by atoms with Gasteiger partial charge >= 0.3 is 0 Å². The summed E-state index contributed by atoms with van der Waals surface area (Å²) in [7, 11) is 1.67. The largest absolute Gasteiger partial charge is 0.394 e. The van der Waals surface area contributed by atoms with Crippen molar-refractivity contribution in [2.45, 2.75) is 25.2 Å². The minimum absolute atomic E-state index is 0.0181. The number of aromatic nitrogens is 4. The smallest absolute Gasteiger partial charge is 0.280 e. The zero-order valence-electron chi connectivity index (χ0n) is 15.2. The molecular weight excluding hydrogens is 364 g/mol. The van der Waals surface area contributed by atoms with Gasteiger partial charge in [-0.1, -0.05) is 23.4 Å². The van der Waals surface area contributed by atoms with E-state index in [-0.39, 0.29) is 24.2 Å². The molecule has 0 amide bonds. The molecular formula is C17H20N8O3. The Balaban J connectivity index is 1.78. The molecule has 3 aromatic rings. The van der Waals surface area contributed by atoms with E-state index in [1.165, 1.54) is 5.01 Å². The maximum absolute atomic E-state index is 12.3. The van der Waals surface area contributed by atoms with Crippen LogP contribution in [0, 0.1) is 0 Å². The van der Waals surface area contributed by atoms with Crippen LogP contribution in [0.4, 0.5) is 17.6 Å². The van der Waals surface area contributed by atoms with Gasteiger partial charge in [-0.05, 0) is 25.0 Å². The van der Waals surface area contributed by atoms with Crippen molar-refractivity contribution in [3.63, 3.8) is 0 Å². The Bertz CT molecular complexity index is 1060. The summed E-state index contributed by atoms with van der Waals surface area (Å²) in [5, 5.41) is 19.2. The summed E-state index contributed by atoms with van der Waals surface area (Å²) in [4.78, 5) is 23.4. The first-order chi connectivity index (χ1) is 13.6. The molecule has 11 nitrogen and oxygen atoms in total. The average molecular weight is 384 g/mol. The lowest BCUT2D eigenvalue weighted by molar-refractivity contribution is -0.0200. The molecule has 0 aliphatic carbocycles. The van der Waals surface area contributed by atoms with Gasteiger partial charge in [0.1, 0.15) is 6.23 Å². The number of rotatable bonds is 5. The van der Waals surface area contributed by atoms with Gasteiger partial charge in [-0.3, -0.25) is 14.3 Å². The summed E-state index contributed by atoms with van der Waals surface area (Å²) in [5.74, 6) is 0.317. The molecule has 146 valence electrons. The number of anilines is 2. The van der Waals surface area contributed by atoms with Crippen molar-refractivity contribution in [1.82, 2.24) is 19.5 Å². The fraction of sp³-hybridized carbons (Fsp3) is 0.353. The normalized spacial score (nSPS) is 19.6. The molecule has 2 aromatic heterocycles. The maximum atomic E-state index is 12.3. The van der Waals surface area contributed by atoms with Crippen LogP contribution in [-0.4, -0.2) is 44.4 Å². The Kier molecular flexibility index (Phi) is 4.75. The van der Waals surface area contributed by atoms with Gasteiger partial charge in [0.15, 0.2) is 11.2 Å². The van der Waals surface area contributed by atoms with Gasteiger partial charge < -0.3 is 15.6 Å². The van der Waals surface area contributed by atoms with Crippen LogP contribution in [0.15, 0.2) is 45.5 Å². The lowest BCUT2D eigenvalue weighted by Crippen LogP contribution is -2.20. The summed E-state index contributed by atoms with van der Waals surface area (Å²) in [5.41, 5.74) is 6.37. The van der Waals surface area contributed by atoms with Gasteiger partial charge in [0.2, 0.25) is 11.9 Å². The third-order valence-electron chi connectivity index (χ3n) is 4.47. The number of benzene rings is 1. The molecule has 1 fully saturated rings. The van der Waals surface area contributed by atoms with E-state index in [2.05, 4.69) is 25.3 Å². The van der Waals surface area contributed by atoms with Gasteiger partial charge in [0.05, 0.1) is 18.4 Å². The average Bonchev–Trinajstić information content (AvgIpc) is 3.31. The molecule has 4 N–H and O–H groups in total. The Morgan fingerprint density at radius 3 is 2.86 bits per heavy atom. The number of aliphatic hydroxyl groups is 1. The molecule has 0 bridgehead atoms. The highest BCUT2D eigenvalue weighted by molar-refractivity contribution is 5.75. The summed E-state index contributed by atoms with van der Waals surface area (Å²) < 4.78 is 7.54. The summed E-state index contributed by atoms with van der Waals surface area (Å²) >= 11 is 0. The molecule has 0 radical (unpaired) electrons. The fourth-order valence-electron chi connectivity index (χ4n) is 3.15. The van der Waals surface area contributed by atoms with E-state index < -0.39 is 11.8 Å². The number of imidazole rings is 1. The highest BCUT2D eigenvalue weighted by Gasteiger charge is 2.31. The van der Waals surface area contributed by atoms with Crippen LogP contribution >= 0.6 is 0 Å². The molecule has 3 heterocycles. The monoisotopic (exact) mass is 384 g/mol. The Morgan fingerprint density at radius 2 is 2.14 bits per heavy atom. The first-order valence-electron chi connectivity index (χ1n) is 8.81. The second-order valence-corrected chi connectivity index (χ2v) is 6.43. The van der Waals surface area contributed by atoms with Crippen molar-refractivity contribution in [3.05, 3.63) is 40.7 Å². The number of nitrogen functional groups attached to an aromatic ring is 1. The summed E-state index contributed by atoms with van der Waals surface area (Å²) in [6, 6.07) is 9.24. The maximum Gasteiger partial charge on any atom is 0.280 e. The predicted octanol–water partition coefficient (Wildman–Crippen LogP) is 1.51. The molecule has 0 saturated carbocycles. The van der Waals surface area contributed by atoms with Gasteiger partial charge in [0, 0.05) is 7.05 Å². The van der Waals surface area contributed by atoms with Crippen molar-refractivity contribution in [2.75, 3.05) is 24.4 Å². The first kappa shape index (κ1) is 18.1. The zero-order chi connectivity index (χ0) is 19.7. The van der Waals surface area contributed by atoms with Crippen molar-refractivity contribution >= 4 is 28.7 Å². The number of nitrogens with zero attached hydrogens (tertiary/aromatic N) is 6. The van der Waals surface area contributed by atoms with E-state index in [9.17, 15) is 9.90 Å². The molecule has 4 rings (SSSR count). The van der Waals surface area contributed by atoms with E-state index in [1.54, 1.807) is 11.6 Å². The van der Waals surface area contributed by atoms with Crippen LogP contribution in [0.25, 0.3) is 11.2 Å². The molecule has 1 aliphatic heterocycles. The number of nitrogens with one attached hydrogen (secondary N) is 1. The lowest BCUT2D eigenvalue weighted by atomic mass is 10.2. The van der Waals surface area contributed by atoms with E-state index in [1.807, 2.05) is 30.3 Å². The topological polar surface area (TPSA) is 147 Å². The number of aliphatic hydroxyl groups excluding tert-OH is 1. The highest BCUT2D eigenvalue weighted by atomic mass is 16.5. The summed E-state index contributed by atoms with van der Waals surface area (Å²) in [6.07, 6.45) is 0.557. The third kappa shape index (κ3) is 3.32. The number of ether oxygens (including phenoxy) is 1. The van der Waals surface area contributed by atoms with E-state index >= 15 is 0 Å². The van der Waals surface area contributed by atoms with Crippen LogP contribution in [-0.2, 0) is 4.74 Å². The highest BCUT2D eigenvalue weighted by Crippen LogP contribution is 2.34. The Hall–Kier alpha value is -3.31. The number of aromatic amines is 1. The molecule has 1 saturated heterocycles. The van der Waals surface area contributed by atoms with E-state index in [0.29, 0.717) is 30.1 Å². The number of nitrogens with two attached hydrogens (primary N) is 1. The fourth-order valence-corrected chi connectivity index (χ4v) is 3.15. The van der Waals surface area contributed by atoms with Crippen LogP contribution in [0.2, 0.25) is 0 Å². The molecule has 1 aliphatic rings. The minimum atomic E-state index is -0.458. The van der Waals surface area contributed by atoms with E-state index in [0.717, 1.165) is 0 Å². The Morgan fingerprint density at radius 1 is 1.36 bits per heavy atom. The van der Waals surface area contributed by atoms with Crippen LogP contribution in [0.1, 0.15) is 19.1 Å². The van der Waals surface area contributed by atoms with Crippen molar-refractivity contribution in [2.24, 2.45) is 10.3 Å². The van der Waals surface area contributed by atoms with Crippen molar-refractivity contribution in [3.8, 4) is 0 Å². The molecule has 0 unspecified atom stereocenters. The van der Waals surface area contributed by atoms with Gasteiger partial charge in [-0.2, -0.15) is 4.98 Å². The summed E-state index contributed by atoms with van der Waals surface area (Å²) in [6.45, 7) is -0.0852. The molecule has 2 atom stereocenters. The number of H-pyrrole nitrogens is 1. The quantitative estimate of drug-likeness (QED) is 0.446. The first-order valence-corrected chi connectivity index (χ1v) is 8.81. The SMILES string of the molecule is CN(N=Nc1ccccc1)c1nc2c(=O)[nH]c(N)nc2n1[C@H]1CC[C@@H](CO)O1. The molecule has 28 heavy (non-hydrogen) atoms. The second kappa shape index (κ2) is 7.37. The second-order valence-electron chi connectivity index (χ2n) is 6.43. The van der Waals surface area contributed by atoms with Crippen LogP contribution < -0.4 is 16.3 Å². The predicted molar refractivity (Wildman–Crippen MR) is 102 cm³/mol. The number of fused-ring (bicyclic) bond motifs is 1. The minimum Gasteiger partial charge on any atom is -0.394 e. The third-order valence-corrected chi connectivity index (χ3v) is 4.47. The van der Waals surface area contributed by atoms with Crippen molar-refractivity contribution < 1.29 is 9.84 Å². The molecule has 11 heteroatoms. The number of hydrogen-bond donors (Lipinski definition) is 3. The lowest BCUT2D eigenvalue weighted by Gasteiger charge is -2.19. The Labute approximate surface area is 159 Å². The van der Waals surface area contributed by atoms with Crippen LogP contribution in [0.3, 0.4) is 0 Å². The number of hydrogen-bond acceptors (Lipinski definition) is 8. The van der Waals surface area contributed by atoms with Gasteiger partial charge in [-0.15, -0.1) is 5.11 Å². The standard InChI is InChI=1S/C17H20N8O3/c1-24(23-22-10-5-3-2-4-6-10)17-19-13-14(20-16(18)21-15(13)27)25(17)12-8-7-11(9-26)28-12/h2-6,11-12,26H,7-9H2,1H3,(H3,18,20,21,27)/t11-,12+/m0/s1. The van der Waals surface area contributed by atoms with E-state index in [4.69, 9.17) is 10.5 Å². The van der Waals surface area contributed by atoms with Crippen molar-refractivity contribution in [1.29, 1.82) is 0 Å².